The first-order chi connectivity index (χ1) is 20.7. The lowest BCUT2D eigenvalue weighted by Crippen LogP contribution is -2.51. The van der Waals surface area contributed by atoms with E-state index in [2.05, 4.69) is 24.3 Å². The van der Waals surface area contributed by atoms with Gasteiger partial charge in [0.05, 0.1) is 11.8 Å². The summed E-state index contributed by atoms with van der Waals surface area (Å²) in [6, 6.07) is 11.9. The fourth-order valence-electron chi connectivity index (χ4n) is 7.09. The lowest BCUT2D eigenvalue weighted by atomic mass is 9.67. The summed E-state index contributed by atoms with van der Waals surface area (Å²) in [6.07, 6.45) is 14.7. The van der Waals surface area contributed by atoms with E-state index in [0.717, 1.165) is 87.3 Å². The number of hydrogen-bond acceptors (Lipinski definition) is 6. The molecule has 2 aromatic rings. The Balaban J connectivity index is 1.29. The number of nitrogens with zero attached hydrogens (tertiary/aromatic N) is 2. The smallest absolute Gasteiger partial charge is 0.231 e. The Labute approximate surface area is 246 Å². The van der Waals surface area contributed by atoms with Crippen LogP contribution in [0.1, 0.15) is 55.6 Å². The van der Waals surface area contributed by atoms with Crippen LogP contribution in [-0.2, 0) is 9.59 Å². The molecular weight excluding hydrogens is 532 g/mol. The zero-order chi connectivity index (χ0) is 28.5. The van der Waals surface area contributed by atoms with E-state index in [4.69, 9.17) is 18.9 Å². The van der Waals surface area contributed by atoms with Crippen LogP contribution in [0.15, 0.2) is 54.6 Å². The maximum atomic E-state index is 14.5. The van der Waals surface area contributed by atoms with Crippen LogP contribution in [-0.4, -0.2) is 61.4 Å². The number of allylic oxidation sites excluding steroid dienone is 2. The van der Waals surface area contributed by atoms with Gasteiger partial charge in [-0.05, 0) is 73.9 Å². The number of likely N-dealkylation sites (tertiary alicyclic amines) is 2. The Bertz CT molecular complexity index is 1390. The molecule has 1 aliphatic carbocycles. The van der Waals surface area contributed by atoms with Crippen LogP contribution in [0.2, 0.25) is 0 Å². The minimum atomic E-state index is -0.511. The molecule has 2 aromatic carbocycles. The molecule has 5 aliphatic rings. The maximum Gasteiger partial charge on any atom is 0.231 e. The Morgan fingerprint density at radius 1 is 0.667 bits per heavy atom. The zero-order valence-corrected chi connectivity index (χ0v) is 23.9. The van der Waals surface area contributed by atoms with Gasteiger partial charge < -0.3 is 28.7 Å². The minimum absolute atomic E-state index is 0.0759. The van der Waals surface area contributed by atoms with Crippen molar-refractivity contribution in [1.29, 1.82) is 0 Å². The number of carbonyl (C=O) groups is 2. The third-order valence-corrected chi connectivity index (χ3v) is 9.34. The summed E-state index contributed by atoms with van der Waals surface area (Å²) in [5, 5.41) is 0. The van der Waals surface area contributed by atoms with Crippen molar-refractivity contribution in [3.63, 3.8) is 0 Å². The number of piperidine rings is 2. The van der Waals surface area contributed by atoms with Gasteiger partial charge in [-0.2, -0.15) is 0 Å². The topological polar surface area (TPSA) is 77.5 Å². The SMILES string of the molecule is O=C([C@H]1[C@H](/C=C/c2ccc3c(c2)OCO3)[C@H](c2ccc3c(c2)OCO3)C=C[C@@H]1C(=O)N1CCCCC1)N1CCCCC1. The predicted molar refractivity (Wildman–Crippen MR) is 157 cm³/mol. The number of rotatable bonds is 5. The molecule has 0 spiro atoms. The standard InChI is InChI=1S/C34H38N2O6/c37-33(35-15-3-1-4-16-35)27-12-11-25(24-9-14-29-31(20-24)42-22-40-29)26(32(27)34(38)36-17-5-2-6-18-36)10-7-23-8-13-28-30(19-23)41-21-39-28/h7-14,19-20,25-27,32H,1-6,15-18,21-22H2/b10-7+/t25-,26+,27-,32-/m0/s1. The van der Waals surface area contributed by atoms with E-state index in [0.29, 0.717) is 11.5 Å². The summed E-state index contributed by atoms with van der Waals surface area (Å²) in [4.78, 5) is 32.6. The summed E-state index contributed by atoms with van der Waals surface area (Å²) in [6.45, 7) is 3.44. The van der Waals surface area contributed by atoms with Crippen LogP contribution in [0.4, 0.5) is 0 Å². The van der Waals surface area contributed by atoms with Crippen molar-refractivity contribution in [1.82, 2.24) is 9.80 Å². The van der Waals surface area contributed by atoms with Crippen LogP contribution in [0.25, 0.3) is 6.08 Å². The van der Waals surface area contributed by atoms with Gasteiger partial charge >= 0.3 is 0 Å². The molecule has 2 fully saturated rings. The molecule has 4 aliphatic heterocycles. The zero-order valence-electron chi connectivity index (χ0n) is 23.9. The van der Waals surface area contributed by atoms with Crippen LogP contribution >= 0.6 is 0 Å². The molecule has 0 bridgehead atoms. The molecule has 2 saturated heterocycles. The van der Waals surface area contributed by atoms with E-state index in [1.807, 2.05) is 46.2 Å². The van der Waals surface area contributed by atoms with E-state index in [1.165, 1.54) is 0 Å². The van der Waals surface area contributed by atoms with Crippen molar-refractivity contribution >= 4 is 17.9 Å². The Hall–Kier alpha value is -3.94. The highest BCUT2D eigenvalue weighted by molar-refractivity contribution is 5.90. The quantitative estimate of drug-likeness (QED) is 0.449. The van der Waals surface area contributed by atoms with E-state index < -0.39 is 11.8 Å². The van der Waals surface area contributed by atoms with Gasteiger partial charge in [-0.15, -0.1) is 0 Å². The highest BCUT2D eigenvalue weighted by Crippen LogP contribution is 2.46. The van der Waals surface area contributed by atoms with Gasteiger partial charge in [0.2, 0.25) is 25.4 Å². The largest absolute Gasteiger partial charge is 0.454 e. The Kier molecular flexibility index (Phi) is 7.53. The van der Waals surface area contributed by atoms with Gasteiger partial charge in [-0.1, -0.05) is 36.4 Å². The predicted octanol–water partition coefficient (Wildman–Crippen LogP) is 5.38. The van der Waals surface area contributed by atoms with Gasteiger partial charge in [0.1, 0.15) is 0 Å². The lowest BCUT2D eigenvalue weighted by Gasteiger charge is -2.42. The summed E-state index contributed by atoms with van der Waals surface area (Å²) in [5.41, 5.74) is 2.00. The van der Waals surface area contributed by atoms with E-state index in [9.17, 15) is 9.59 Å². The molecular formula is C34H38N2O6. The second-order valence-electron chi connectivity index (χ2n) is 11.9. The Morgan fingerprint density at radius 3 is 1.95 bits per heavy atom. The second kappa shape index (κ2) is 11.7. The summed E-state index contributed by atoms with van der Waals surface area (Å²) in [5.74, 6) is 1.67. The van der Waals surface area contributed by atoms with Gasteiger partial charge in [0, 0.05) is 38.0 Å². The van der Waals surface area contributed by atoms with Gasteiger partial charge in [0.25, 0.3) is 0 Å². The van der Waals surface area contributed by atoms with Crippen LogP contribution in [0.3, 0.4) is 0 Å². The average Bonchev–Trinajstić information content (AvgIpc) is 3.72. The molecule has 0 saturated carbocycles. The molecule has 0 unspecified atom stereocenters. The molecule has 220 valence electrons. The first kappa shape index (κ1) is 26.9. The molecule has 0 aromatic heterocycles. The highest BCUT2D eigenvalue weighted by Gasteiger charge is 2.46. The number of amides is 2. The van der Waals surface area contributed by atoms with Crippen LogP contribution in [0, 0.1) is 17.8 Å². The number of hydrogen-bond donors (Lipinski definition) is 0. The van der Waals surface area contributed by atoms with Gasteiger partial charge in [-0.25, -0.2) is 0 Å². The molecule has 2 amide bonds. The fourth-order valence-corrected chi connectivity index (χ4v) is 7.09. The van der Waals surface area contributed by atoms with Crippen molar-refractivity contribution < 1.29 is 28.5 Å². The average molecular weight is 571 g/mol. The maximum absolute atomic E-state index is 14.5. The number of carbonyl (C=O) groups excluding carboxylic acids is 2. The van der Waals surface area contributed by atoms with E-state index in [1.54, 1.807) is 0 Å². The molecule has 8 nitrogen and oxygen atoms in total. The van der Waals surface area contributed by atoms with Crippen molar-refractivity contribution in [2.24, 2.45) is 17.8 Å². The molecule has 0 radical (unpaired) electrons. The van der Waals surface area contributed by atoms with Crippen molar-refractivity contribution in [2.75, 3.05) is 39.8 Å². The van der Waals surface area contributed by atoms with Crippen molar-refractivity contribution in [3.05, 3.63) is 65.8 Å². The first-order valence-electron chi connectivity index (χ1n) is 15.4. The Morgan fingerprint density at radius 2 is 1.26 bits per heavy atom. The van der Waals surface area contributed by atoms with Gasteiger partial charge in [0.15, 0.2) is 23.0 Å². The number of fused-ring (bicyclic) bond motifs is 2. The highest BCUT2D eigenvalue weighted by atomic mass is 16.7. The molecule has 4 heterocycles. The van der Waals surface area contributed by atoms with Crippen LogP contribution in [0.5, 0.6) is 23.0 Å². The lowest BCUT2D eigenvalue weighted by molar-refractivity contribution is -0.147. The number of benzene rings is 2. The summed E-state index contributed by atoms with van der Waals surface area (Å²) >= 11 is 0. The monoisotopic (exact) mass is 570 g/mol. The fraction of sp³-hybridized carbons (Fsp3) is 0.471. The molecule has 0 N–H and O–H groups in total. The third kappa shape index (κ3) is 5.23. The van der Waals surface area contributed by atoms with E-state index >= 15 is 0 Å². The summed E-state index contributed by atoms with van der Waals surface area (Å²) in [7, 11) is 0. The molecule has 4 atom stereocenters. The normalized spacial score (nSPS) is 26.6. The first-order valence-corrected chi connectivity index (χ1v) is 15.4. The second-order valence-corrected chi connectivity index (χ2v) is 11.9. The van der Waals surface area contributed by atoms with Crippen LogP contribution < -0.4 is 18.9 Å². The van der Waals surface area contributed by atoms with Crippen molar-refractivity contribution in [3.8, 4) is 23.0 Å². The molecule has 7 rings (SSSR count). The van der Waals surface area contributed by atoms with Crippen molar-refractivity contribution in [2.45, 2.75) is 44.4 Å². The number of ether oxygens (including phenoxy) is 4. The molecule has 8 heteroatoms. The third-order valence-electron chi connectivity index (χ3n) is 9.34. The minimum Gasteiger partial charge on any atom is -0.454 e. The molecule has 42 heavy (non-hydrogen) atoms. The van der Waals surface area contributed by atoms with E-state index in [-0.39, 0.29) is 37.2 Å². The summed E-state index contributed by atoms with van der Waals surface area (Å²) < 4.78 is 22.4. The van der Waals surface area contributed by atoms with Gasteiger partial charge in [-0.3, -0.25) is 9.59 Å².